The van der Waals surface area contributed by atoms with E-state index in [0.717, 1.165) is 19.3 Å². The zero-order valence-corrected chi connectivity index (χ0v) is 15.9. The van der Waals surface area contributed by atoms with E-state index >= 15 is 0 Å². The molecular formula is C21H38O3. The third-order valence-electron chi connectivity index (χ3n) is 4.51. The molecule has 1 heterocycles. The second-order valence-electron chi connectivity index (χ2n) is 6.93. The number of allylic oxidation sites excluding steroid dienone is 2. The van der Waals surface area contributed by atoms with E-state index in [-0.39, 0.29) is 18.2 Å². The minimum Gasteiger partial charge on any atom is -0.464 e. The van der Waals surface area contributed by atoms with Gasteiger partial charge in [0.15, 0.2) is 6.10 Å². The lowest BCUT2D eigenvalue weighted by Crippen LogP contribution is -2.14. The highest BCUT2D eigenvalue weighted by Crippen LogP contribution is 2.28. The Balaban J connectivity index is 1.81. The van der Waals surface area contributed by atoms with Crippen LogP contribution in [-0.2, 0) is 14.3 Å². The summed E-state index contributed by atoms with van der Waals surface area (Å²) in [5.74, 6) is -0.167. The van der Waals surface area contributed by atoms with Gasteiger partial charge in [-0.25, -0.2) is 4.79 Å². The number of hydrogen-bond acceptors (Lipinski definition) is 3. The number of ether oxygens (including phenoxy) is 2. The maximum atomic E-state index is 11.6. The summed E-state index contributed by atoms with van der Waals surface area (Å²) in [6.45, 7) is 4.78. The second-order valence-corrected chi connectivity index (χ2v) is 6.93. The van der Waals surface area contributed by atoms with Crippen LogP contribution in [0.25, 0.3) is 0 Å². The first kappa shape index (κ1) is 21.2. The van der Waals surface area contributed by atoms with E-state index in [0.29, 0.717) is 6.61 Å². The molecule has 2 atom stereocenters. The Kier molecular flexibility index (Phi) is 12.8. The number of esters is 1. The van der Waals surface area contributed by atoms with Crippen molar-refractivity contribution in [2.75, 3.05) is 6.61 Å². The van der Waals surface area contributed by atoms with Gasteiger partial charge in [0.1, 0.15) is 0 Å². The number of hydrogen-bond donors (Lipinski definition) is 0. The van der Waals surface area contributed by atoms with E-state index < -0.39 is 0 Å². The van der Waals surface area contributed by atoms with Crippen LogP contribution in [0.15, 0.2) is 12.2 Å². The molecule has 0 N–H and O–H groups in total. The van der Waals surface area contributed by atoms with Crippen molar-refractivity contribution in [2.24, 2.45) is 0 Å². The normalized spacial score (nSPS) is 19.8. The fraction of sp³-hybridized carbons (Fsp3) is 0.857. The van der Waals surface area contributed by atoms with Crippen LogP contribution >= 0.6 is 0 Å². The molecule has 3 nitrogen and oxygen atoms in total. The Morgan fingerprint density at radius 1 is 0.875 bits per heavy atom. The van der Waals surface area contributed by atoms with Gasteiger partial charge in [0.25, 0.3) is 0 Å². The summed E-state index contributed by atoms with van der Waals surface area (Å²) in [4.78, 5) is 11.6. The van der Waals surface area contributed by atoms with E-state index in [1.807, 2.05) is 6.92 Å². The molecule has 3 heteroatoms. The molecule has 1 fully saturated rings. The molecule has 1 aliphatic rings. The fourth-order valence-corrected chi connectivity index (χ4v) is 2.92. The average molecular weight is 339 g/mol. The summed E-state index contributed by atoms with van der Waals surface area (Å²) in [6.07, 6.45) is 20.7. The quantitative estimate of drug-likeness (QED) is 0.151. The summed E-state index contributed by atoms with van der Waals surface area (Å²) in [5, 5.41) is 0. The highest BCUT2D eigenvalue weighted by atomic mass is 16.6. The minimum atomic E-state index is -0.270. The van der Waals surface area contributed by atoms with Crippen molar-refractivity contribution < 1.29 is 14.3 Å². The van der Waals surface area contributed by atoms with Crippen LogP contribution in [0.3, 0.4) is 0 Å². The Morgan fingerprint density at radius 3 is 2.17 bits per heavy atom. The monoisotopic (exact) mass is 338 g/mol. The molecule has 1 aliphatic heterocycles. The number of epoxide rings is 1. The summed E-state index contributed by atoms with van der Waals surface area (Å²) >= 11 is 0. The molecule has 0 aromatic rings. The van der Waals surface area contributed by atoms with Crippen LogP contribution in [0.4, 0.5) is 0 Å². The molecule has 2 unspecified atom stereocenters. The topological polar surface area (TPSA) is 38.8 Å². The van der Waals surface area contributed by atoms with Crippen molar-refractivity contribution in [3.8, 4) is 0 Å². The third-order valence-corrected chi connectivity index (χ3v) is 4.51. The lowest BCUT2D eigenvalue weighted by molar-refractivity contribution is -0.145. The Labute approximate surface area is 149 Å². The van der Waals surface area contributed by atoms with Crippen LogP contribution in [-0.4, -0.2) is 24.8 Å². The number of unbranched alkanes of at least 4 members (excludes halogenated alkanes) is 9. The van der Waals surface area contributed by atoms with Crippen molar-refractivity contribution in [1.29, 1.82) is 0 Å². The molecule has 0 amide bonds. The van der Waals surface area contributed by atoms with Gasteiger partial charge in [-0.1, -0.05) is 70.9 Å². The number of carbonyl (C=O) groups is 1. The maximum absolute atomic E-state index is 11.6. The molecule has 0 bridgehead atoms. The first-order chi connectivity index (χ1) is 11.8. The van der Waals surface area contributed by atoms with Crippen molar-refractivity contribution >= 4 is 5.97 Å². The highest BCUT2D eigenvalue weighted by molar-refractivity contribution is 5.77. The minimum absolute atomic E-state index is 0.123. The molecule has 24 heavy (non-hydrogen) atoms. The molecule has 0 aromatic heterocycles. The van der Waals surface area contributed by atoms with E-state index in [4.69, 9.17) is 9.47 Å². The van der Waals surface area contributed by atoms with E-state index in [1.54, 1.807) is 0 Å². The van der Waals surface area contributed by atoms with Crippen molar-refractivity contribution in [2.45, 2.75) is 110 Å². The van der Waals surface area contributed by atoms with Gasteiger partial charge in [-0.05, 0) is 38.5 Å². The molecule has 0 saturated carbocycles. The molecule has 1 saturated heterocycles. The zero-order chi connectivity index (χ0) is 17.5. The van der Waals surface area contributed by atoms with Gasteiger partial charge in [-0.2, -0.15) is 0 Å². The van der Waals surface area contributed by atoms with Crippen LogP contribution in [0.5, 0.6) is 0 Å². The van der Waals surface area contributed by atoms with Crippen LogP contribution in [0.2, 0.25) is 0 Å². The summed E-state index contributed by atoms with van der Waals surface area (Å²) in [5.41, 5.74) is 0. The van der Waals surface area contributed by atoms with Crippen molar-refractivity contribution in [1.82, 2.24) is 0 Å². The Hall–Kier alpha value is -0.830. The number of rotatable bonds is 16. The van der Waals surface area contributed by atoms with Gasteiger partial charge >= 0.3 is 5.97 Å². The van der Waals surface area contributed by atoms with E-state index in [1.165, 1.54) is 64.2 Å². The summed E-state index contributed by atoms with van der Waals surface area (Å²) < 4.78 is 10.5. The van der Waals surface area contributed by atoms with Crippen molar-refractivity contribution in [3.63, 3.8) is 0 Å². The first-order valence-electron chi connectivity index (χ1n) is 10.3. The molecule has 140 valence electrons. The van der Waals surface area contributed by atoms with Gasteiger partial charge in [0.2, 0.25) is 0 Å². The van der Waals surface area contributed by atoms with Gasteiger partial charge < -0.3 is 9.47 Å². The third kappa shape index (κ3) is 10.9. The SMILES string of the molecule is CCCCCCCC/C=C\CCCCCC1OC1C(=O)OCCC. The molecule has 0 radical (unpaired) electrons. The van der Waals surface area contributed by atoms with Gasteiger partial charge in [-0.15, -0.1) is 0 Å². The second kappa shape index (κ2) is 14.5. The van der Waals surface area contributed by atoms with E-state index in [2.05, 4.69) is 19.1 Å². The smallest absolute Gasteiger partial charge is 0.338 e. The molecule has 0 aliphatic carbocycles. The van der Waals surface area contributed by atoms with Crippen LogP contribution in [0, 0.1) is 0 Å². The fourth-order valence-electron chi connectivity index (χ4n) is 2.92. The lowest BCUT2D eigenvalue weighted by atomic mass is 10.1. The predicted octanol–water partition coefficient (Wildman–Crippen LogP) is 5.96. The van der Waals surface area contributed by atoms with Crippen molar-refractivity contribution in [3.05, 3.63) is 12.2 Å². The largest absolute Gasteiger partial charge is 0.464 e. The van der Waals surface area contributed by atoms with Gasteiger partial charge in [0, 0.05) is 0 Å². The standard InChI is InChI=1S/C21H38O3/c1-3-5-6-7-8-9-10-11-12-13-14-15-16-17-19-20(24-19)21(22)23-18-4-2/h11-12,19-20H,3-10,13-18H2,1-2H3/b12-11-. The zero-order valence-electron chi connectivity index (χ0n) is 15.9. The number of carbonyl (C=O) groups excluding carboxylic acids is 1. The molecular weight excluding hydrogens is 300 g/mol. The Morgan fingerprint density at radius 2 is 1.50 bits per heavy atom. The Bertz CT molecular complexity index is 338. The first-order valence-corrected chi connectivity index (χ1v) is 10.3. The lowest BCUT2D eigenvalue weighted by Gasteiger charge is -1.99. The molecule has 0 aromatic carbocycles. The predicted molar refractivity (Wildman–Crippen MR) is 100 cm³/mol. The van der Waals surface area contributed by atoms with Gasteiger partial charge in [-0.3, -0.25) is 0 Å². The molecule has 0 spiro atoms. The van der Waals surface area contributed by atoms with E-state index in [9.17, 15) is 4.79 Å². The summed E-state index contributed by atoms with van der Waals surface area (Å²) in [6, 6.07) is 0. The maximum Gasteiger partial charge on any atom is 0.338 e. The molecule has 1 rings (SSSR count). The van der Waals surface area contributed by atoms with Crippen LogP contribution < -0.4 is 0 Å². The summed E-state index contributed by atoms with van der Waals surface area (Å²) in [7, 11) is 0. The van der Waals surface area contributed by atoms with Crippen LogP contribution in [0.1, 0.15) is 97.3 Å². The average Bonchev–Trinajstić information content (AvgIpc) is 3.36. The van der Waals surface area contributed by atoms with Gasteiger partial charge in [0.05, 0.1) is 12.7 Å². The highest BCUT2D eigenvalue weighted by Gasteiger charge is 2.45.